The molecule has 0 radical (unpaired) electrons. The van der Waals surface area contributed by atoms with Gasteiger partial charge in [0.1, 0.15) is 17.9 Å². The molecule has 22 heavy (non-hydrogen) atoms. The van der Waals surface area contributed by atoms with Gasteiger partial charge in [0, 0.05) is 4.91 Å². The third kappa shape index (κ3) is 4.01. The summed E-state index contributed by atoms with van der Waals surface area (Å²) < 4.78 is 10.5. The van der Waals surface area contributed by atoms with Gasteiger partial charge in [0.15, 0.2) is 0 Å². The molecule has 0 bridgehead atoms. The number of nitrogens with zero attached hydrogens (tertiary/aromatic N) is 3. The van der Waals surface area contributed by atoms with Crippen molar-refractivity contribution in [1.82, 2.24) is 0 Å². The number of carbonyl (C=O) groups is 1. The number of esters is 1. The Hall–Kier alpha value is -2.98. The molecule has 112 valence electrons. The summed E-state index contributed by atoms with van der Waals surface area (Å²) in [6.07, 6.45) is 0. The first kappa shape index (κ1) is 15.4. The lowest BCUT2D eigenvalue weighted by Crippen LogP contribution is -2.06. The zero-order valence-electron chi connectivity index (χ0n) is 12.1. The Morgan fingerprint density at radius 2 is 1.95 bits per heavy atom. The molecule has 0 amide bonds. The number of hydrogen-bond acceptors (Lipinski definition) is 4. The van der Waals surface area contributed by atoms with E-state index >= 15 is 0 Å². The van der Waals surface area contributed by atoms with E-state index in [1.807, 2.05) is 30.3 Å². The van der Waals surface area contributed by atoms with Crippen LogP contribution < -0.4 is 4.74 Å². The Labute approximate surface area is 127 Å². The SMILES string of the molecule is COC(=O)c1cc(CN=[N+]=[N-])ccc1OCc1ccccc1. The second kappa shape index (κ2) is 7.71. The van der Waals surface area contributed by atoms with Gasteiger partial charge < -0.3 is 9.47 Å². The summed E-state index contributed by atoms with van der Waals surface area (Å²) in [5.41, 5.74) is 10.4. The fraction of sp³-hybridized carbons (Fsp3) is 0.188. The highest BCUT2D eigenvalue weighted by molar-refractivity contribution is 5.92. The van der Waals surface area contributed by atoms with Crippen LogP contribution in [0.3, 0.4) is 0 Å². The van der Waals surface area contributed by atoms with Gasteiger partial charge in [-0.05, 0) is 28.8 Å². The van der Waals surface area contributed by atoms with Crippen LogP contribution in [0, 0.1) is 0 Å². The Bertz CT molecular complexity index is 695. The largest absolute Gasteiger partial charge is 0.488 e. The van der Waals surface area contributed by atoms with E-state index in [1.54, 1.807) is 18.2 Å². The fourth-order valence-electron chi connectivity index (χ4n) is 1.92. The fourth-order valence-corrected chi connectivity index (χ4v) is 1.92. The highest BCUT2D eigenvalue weighted by atomic mass is 16.5. The van der Waals surface area contributed by atoms with Crippen LogP contribution in [0.2, 0.25) is 0 Å². The Balaban J connectivity index is 2.21. The molecule has 0 aliphatic heterocycles. The van der Waals surface area contributed by atoms with Gasteiger partial charge in [-0.15, -0.1) is 0 Å². The number of hydrogen-bond donors (Lipinski definition) is 0. The van der Waals surface area contributed by atoms with E-state index in [0.717, 1.165) is 5.56 Å². The van der Waals surface area contributed by atoms with E-state index in [2.05, 4.69) is 10.0 Å². The van der Waals surface area contributed by atoms with Gasteiger partial charge >= 0.3 is 5.97 Å². The minimum absolute atomic E-state index is 0.166. The average molecular weight is 297 g/mol. The maximum atomic E-state index is 11.9. The smallest absolute Gasteiger partial charge is 0.341 e. The van der Waals surface area contributed by atoms with Gasteiger partial charge in [-0.1, -0.05) is 41.5 Å². The van der Waals surface area contributed by atoms with Crippen LogP contribution in [-0.4, -0.2) is 13.1 Å². The number of rotatable bonds is 6. The summed E-state index contributed by atoms with van der Waals surface area (Å²) in [4.78, 5) is 14.6. The average Bonchev–Trinajstić information content (AvgIpc) is 2.58. The summed E-state index contributed by atoms with van der Waals surface area (Å²) in [5, 5.41) is 3.48. The molecular formula is C16H15N3O3. The predicted molar refractivity (Wildman–Crippen MR) is 81.4 cm³/mol. The molecule has 6 nitrogen and oxygen atoms in total. The molecule has 0 saturated carbocycles. The van der Waals surface area contributed by atoms with E-state index < -0.39 is 5.97 Å². The van der Waals surface area contributed by atoms with Crippen molar-refractivity contribution in [1.29, 1.82) is 0 Å². The first-order chi connectivity index (χ1) is 10.7. The predicted octanol–water partition coefficient (Wildman–Crippen LogP) is 3.86. The summed E-state index contributed by atoms with van der Waals surface area (Å²) >= 11 is 0. The molecule has 0 spiro atoms. The van der Waals surface area contributed by atoms with Crippen LogP contribution in [0.15, 0.2) is 53.6 Å². The number of methoxy groups -OCH3 is 1. The van der Waals surface area contributed by atoms with Gasteiger partial charge in [0.2, 0.25) is 0 Å². The lowest BCUT2D eigenvalue weighted by atomic mass is 10.1. The van der Waals surface area contributed by atoms with Crippen LogP contribution in [0.1, 0.15) is 21.5 Å². The zero-order valence-corrected chi connectivity index (χ0v) is 12.1. The molecule has 0 aliphatic rings. The van der Waals surface area contributed by atoms with Crippen LogP contribution in [0.4, 0.5) is 0 Å². The van der Waals surface area contributed by atoms with Crippen molar-refractivity contribution < 1.29 is 14.3 Å². The molecule has 0 saturated heterocycles. The number of benzene rings is 2. The van der Waals surface area contributed by atoms with Gasteiger partial charge in [0.25, 0.3) is 0 Å². The second-order valence-corrected chi connectivity index (χ2v) is 4.49. The zero-order chi connectivity index (χ0) is 15.8. The quantitative estimate of drug-likeness (QED) is 0.351. The van der Waals surface area contributed by atoms with Gasteiger partial charge in [0.05, 0.1) is 13.7 Å². The van der Waals surface area contributed by atoms with Crippen LogP contribution in [0.5, 0.6) is 5.75 Å². The highest BCUT2D eigenvalue weighted by Crippen LogP contribution is 2.23. The normalized spacial score (nSPS) is 9.68. The van der Waals surface area contributed by atoms with Crippen molar-refractivity contribution >= 4 is 5.97 Å². The lowest BCUT2D eigenvalue weighted by molar-refractivity contribution is 0.0595. The van der Waals surface area contributed by atoms with E-state index in [0.29, 0.717) is 23.5 Å². The van der Waals surface area contributed by atoms with Crippen molar-refractivity contribution in [2.75, 3.05) is 7.11 Å². The summed E-state index contributed by atoms with van der Waals surface area (Å²) in [6, 6.07) is 14.7. The summed E-state index contributed by atoms with van der Waals surface area (Å²) in [5.74, 6) is -0.0637. The third-order valence-corrected chi connectivity index (χ3v) is 3.00. The van der Waals surface area contributed by atoms with Gasteiger partial charge in [-0.3, -0.25) is 0 Å². The molecular weight excluding hydrogens is 282 g/mol. The molecule has 0 atom stereocenters. The van der Waals surface area contributed by atoms with Crippen molar-refractivity contribution in [2.24, 2.45) is 5.11 Å². The third-order valence-electron chi connectivity index (χ3n) is 3.00. The molecule has 0 unspecified atom stereocenters. The topological polar surface area (TPSA) is 84.3 Å². The lowest BCUT2D eigenvalue weighted by Gasteiger charge is -2.11. The molecule has 0 heterocycles. The van der Waals surface area contributed by atoms with Crippen molar-refractivity contribution in [2.45, 2.75) is 13.2 Å². The molecule has 2 rings (SSSR count). The van der Waals surface area contributed by atoms with Crippen LogP contribution >= 0.6 is 0 Å². The standard InChI is InChI=1S/C16H15N3O3/c1-21-16(20)14-9-13(10-18-19-17)7-8-15(14)22-11-12-5-3-2-4-6-12/h2-9H,10-11H2,1H3. The van der Waals surface area contributed by atoms with E-state index in [4.69, 9.17) is 15.0 Å². The molecule has 6 heteroatoms. The van der Waals surface area contributed by atoms with E-state index in [1.165, 1.54) is 7.11 Å². The summed E-state index contributed by atoms with van der Waals surface area (Å²) in [6.45, 7) is 0.514. The van der Waals surface area contributed by atoms with Crippen molar-refractivity contribution in [3.8, 4) is 5.75 Å². The Morgan fingerprint density at radius 3 is 2.64 bits per heavy atom. The molecule has 2 aromatic carbocycles. The second-order valence-electron chi connectivity index (χ2n) is 4.49. The highest BCUT2D eigenvalue weighted by Gasteiger charge is 2.14. The first-order valence-corrected chi connectivity index (χ1v) is 6.63. The maximum Gasteiger partial charge on any atom is 0.341 e. The van der Waals surface area contributed by atoms with Gasteiger partial charge in [-0.2, -0.15) is 0 Å². The molecule has 0 fully saturated rings. The number of azide groups is 1. The number of carbonyl (C=O) groups excluding carboxylic acids is 1. The molecule has 2 aromatic rings. The monoisotopic (exact) mass is 297 g/mol. The van der Waals surface area contributed by atoms with Gasteiger partial charge in [-0.25, -0.2) is 4.79 Å². The molecule has 0 N–H and O–H groups in total. The van der Waals surface area contributed by atoms with Crippen molar-refractivity contribution in [3.05, 3.63) is 75.7 Å². The summed E-state index contributed by atoms with van der Waals surface area (Å²) in [7, 11) is 1.31. The number of ether oxygens (including phenoxy) is 2. The van der Waals surface area contributed by atoms with Crippen molar-refractivity contribution in [3.63, 3.8) is 0 Å². The minimum Gasteiger partial charge on any atom is -0.488 e. The molecule has 0 aromatic heterocycles. The first-order valence-electron chi connectivity index (χ1n) is 6.63. The molecule has 0 aliphatic carbocycles. The van der Waals surface area contributed by atoms with Crippen LogP contribution in [-0.2, 0) is 17.9 Å². The van der Waals surface area contributed by atoms with Crippen LogP contribution in [0.25, 0.3) is 10.4 Å². The van der Waals surface area contributed by atoms with E-state index in [-0.39, 0.29) is 6.54 Å². The van der Waals surface area contributed by atoms with E-state index in [9.17, 15) is 4.79 Å². The maximum absolute atomic E-state index is 11.9. The Morgan fingerprint density at radius 1 is 1.18 bits per heavy atom. The minimum atomic E-state index is -0.495. The Kier molecular flexibility index (Phi) is 5.40.